The Morgan fingerprint density at radius 2 is 2.11 bits per heavy atom. The molecule has 0 aliphatic carbocycles. The van der Waals surface area contributed by atoms with Crippen molar-refractivity contribution in [2.45, 2.75) is 0 Å². The van der Waals surface area contributed by atoms with Gasteiger partial charge in [-0.3, -0.25) is 9.59 Å². The molecule has 0 heterocycles. The molecule has 104 valence electrons. The molecule has 0 atom stereocenters. The van der Waals surface area contributed by atoms with E-state index in [1.54, 1.807) is 12.1 Å². The minimum atomic E-state index is -1.08. The van der Waals surface area contributed by atoms with E-state index in [9.17, 15) is 9.59 Å². The molecule has 1 aromatic carbocycles. The quantitative estimate of drug-likeness (QED) is 0.764. The van der Waals surface area contributed by atoms with E-state index in [0.29, 0.717) is 15.7 Å². The van der Waals surface area contributed by atoms with Gasteiger partial charge >= 0.3 is 5.97 Å². The molecule has 0 saturated carbocycles. The van der Waals surface area contributed by atoms with E-state index in [0.717, 1.165) is 0 Å². The van der Waals surface area contributed by atoms with E-state index < -0.39 is 11.9 Å². The predicted molar refractivity (Wildman–Crippen MR) is 74.0 cm³/mol. The van der Waals surface area contributed by atoms with Crippen molar-refractivity contribution in [3.8, 4) is 0 Å². The molecule has 0 aliphatic heterocycles. The first kappa shape index (κ1) is 15.5. The Morgan fingerprint density at radius 3 is 2.63 bits per heavy atom. The van der Waals surface area contributed by atoms with Crippen LogP contribution in [-0.4, -0.2) is 48.7 Å². The van der Waals surface area contributed by atoms with E-state index in [-0.39, 0.29) is 19.7 Å². The minimum Gasteiger partial charge on any atom is -0.480 e. The number of amides is 1. The van der Waals surface area contributed by atoms with E-state index in [2.05, 4.69) is 15.9 Å². The molecule has 3 N–H and O–H groups in total. The number of nitrogen functional groups attached to an aromatic ring is 1. The number of anilines is 1. The van der Waals surface area contributed by atoms with Crippen LogP contribution in [0, 0.1) is 0 Å². The number of aliphatic carboxylic acids is 1. The van der Waals surface area contributed by atoms with Gasteiger partial charge in [-0.25, -0.2) is 0 Å². The van der Waals surface area contributed by atoms with Crippen LogP contribution in [0.15, 0.2) is 22.7 Å². The summed E-state index contributed by atoms with van der Waals surface area (Å²) in [5.41, 5.74) is 6.42. The highest BCUT2D eigenvalue weighted by atomic mass is 79.9. The summed E-state index contributed by atoms with van der Waals surface area (Å²) in [6, 6.07) is 4.77. The second-order valence-corrected chi connectivity index (χ2v) is 4.80. The summed E-state index contributed by atoms with van der Waals surface area (Å²) in [5, 5.41) is 8.82. The fraction of sp³-hybridized carbons (Fsp3) is 0.333. The normalized spacial score (nSPS) is 10.2. The lowest BCUT2D eigenvalue weighted by molar-refractivity contribution is -0.137. The molecule has 0 aromatic heterocycles. The average Bonchev–Trinajstić information content (AvgIpc) is 2.32. The zero-order chi connectivity index (χ0) is 14.4. The number of halogens is 1. The van der Waals surface area contributed by atoms with Gasteiger partial charge in [-0.15, -0.1) is 0 Å². The van der Waals surface area contributed by atoms with Crippen molar-refractivity contribution in [1.82, 2.24) is 4.90 Å². The Morgan fingerprint density at radius 1 is 1.42 bits per heavy atom. The standard InChI is InChI=1S/C12H15BrN2O4/c1-19-3-2-15(7-11(16)17)12(18)8-4-9(13)6-10(14)5-8/h4-6H,2-3,7,14H2,1H3,(H,16,17). The molecule has 0 spiro atoms. The summed E-state index contributed by atoms with van der Waals surface area (Å²) in [6.07, 6.45) is 0. The molecule has 7 heteroatoms. The number of nitrogens with two attached hydrogens (primary N) is 1. The predicted octanol–water partition coefficient (Wildman–Crippen LogP) is 1.20. The third kappa shape index (κ3) is 4.88. The second kappa shape index (κ2) is 7.10. The lowest BCUT2D eigenvalue weighted by Crippen LogP contribution is -2.38. The number of carboxylic acids is 1. The second-order valence-electron chi connectivity index (χ2n) is 3.89. The van der Waals surface area contributed by atoms with E-state index in [4.69, 9.17) is 15.6 Å². The molecule has 0 fully saturated rings. The van der Waals surface area contributed by atoms with Gasteiger partial charge in [0.05, 0.1) is 6.61 Å². The maximum Gasteiger partial charge on any atom is 0.323 e. The first-order valence-electron chi connectivity index (χ1n) is 5.50. The molecular weight excluding hydrogens is 316 g/mol. The molecule has 6 nitrogen and oxygen atoms in total. The van der Waals surface area contributed by atoms with Crippen molar-refractivity contribution >= 4 is 33.5 Å². The molecular formula is C12H15BrN2O4. The fourth-order valence-corrected chi connectivity index (χ4v) is 2.05. The van der Waals surface area contributed by atoms with E-state index in [1.165, 1.54) is 18.1 Å². The van der Waals surface area contributed by atoms with Crippen molar-refractivity contribution in [3.05, 3.63) is 28.2 Å². The van der Waals surface area contributed by atoms with Crippen molar-refractivity contribution in [2.24, 2.45) is 0 Å². The highest BCUT2D eigenvalue weighted by molar-refractivity contribution is 9.10. The maximum atomic E-state index is 12.2. The third-order valence-corrected chi connectivity index (χ3v) is 2.80. The Hall–Kier alpha value is -1.60. The minimum absolute atomic E-state index is 0.202. The first-order valence-corrected chi connectivity index (χ1v) is 6.29. The van der Waals surface area contributed by atoms with Crippen LogP contribution in [0.25, 0.3) is 0 Å². The number of carboxylic acid groups (broad SMARTS) is 1. The van der Waals surface area contributed by atoms with Crippen molar-refractivity contribution in [1.29, 1.82) is 0 Å². The van der Waals surface area contributed by atoms with Crippen molar-refractivity contribution in [3.63, 3.8) is 0 Å². The van der Waals surface area contributed by atoms with Gasteiger partial charge in [-0.05, 0) is 18.2 Å². The fourth-order valence-electron chi connectivity index (χ4n) is 1.54. The number of methoxy groups -OCH3 is 1. The monoisotopic (exact) mass is 330 g/mol. The Kier molecular flexibility index (Phi) is 5.78. The molecule has 0 aliphatic rings. The third-order valence-electron chi connectivity index (χ3n) is 2.35. The number of hydrogen-bond donors (Lipinski definition) is 2. The van der Waals surface area contributed by atoms with Gasteiger partial charge in [0.15, 0.2) is 0 Å². The topological polar surface area (TPSA) is 92.9 Å². The smallest absolute Gasteiger partial charge is 0.323 e. The molecule has 0 unspecified atom stereocenters. The zero-order valence-electron chi connectivity index (χ0n) is 10.4. The summed E-state index contributed by atoms with van der Waals surface area (Å²) in [6.45, 7) is 0.0885. The summed E-state index contributed by atoms with van der Waals surface area (Å²) in [7, 11) is 1.49. The number of benzene rings is 1. The van der Waals surface area contributed by atoms with Gasteiger partial charge in [-0.2, -0.15) is 0 Å². The SMILES string of the molecule is COCCN(CC(=O)O)C(=O)c1cc(N)cc(Br)c1. The Balaban J connectivity index is 2.93. The molecule has 0 saturated heterocycles. The van der Waals surface area contributed by atoms with Gasteiger partial charge in [-0.1, -0.05) is 15.9 Å². The van der Waals surface area contributed by atoms with E-state index >= 15 is 0 Å². The lowest BCUT2D eigenvalue weighted by atomic mass is 10.1. The lowest BCUT2D eigenvalue weighted by Gasteiger charge is -2.20. The average molecular weight is 331 g/mol. The van der Waals surface area contributed by atoms with Crippen molar-refractivity contribution < 1.29 is 19.4 Å². The van der Waals surface area contributed by atoms with E-state index in [1.807, 2.05) is 0 Å². The molecule has 1 rings (SSSR count). The van der Waals surface area contributed by atoms with Crippen LogP contribution in [0.1, 0.15) is 10.4 Å². The number of nitrogens with zero attached hydrogens (tertiary/aromatic N) is 1. The molecule has 19 heavy (non-hydrogen) atoms. The van der Waals surface area contributed by atoms with Crippen molar-refractivity contribution in [2.75, 3.05) is 32.5 Å². The number of ether oxygens (including phenoxy) is 1. The molecule has 1 amide bonds. The summed E-state index contributed by atoms with van der Waals surface area (Å²) in [4.78, 5) is 24.2. The van der Waals surface area contributed by atoms with Crippen LogP contribution in [0.5, 0.6) is 0 Å². The number of rotatable bonds is 6. The zero-order valence-corrected chi connectivity index (χ0v) is 12.0. The van der Waals surface area contributed by atoms with Crippen LogP contribution in [0.3, 0.4) is 0 Å². The Bertz CT molecular complexity index is 459. The first-order chi connectivity index (χ1) is 8.93. The maximum absolute atomic E-state index is 12.2. The molecule has 0 bridgehead atoms. The number of hydrogen-bond acceptors (Lipinski definition) is 4. The van der Waals surface area contributed by atoms with Crippen LogP contribution < -0.4 is 5.73 Å². The van der Waals surface area contributed by atoms with Gasteiger partial charge in [0.1, 0.15) is 6.54 Å². The molecule has 0 radical (unpaired) electrons. The molecule has 1 aromatic rings. The van der Waals surface area contributed by atoms with Crippen LogP contribution >= 0.6 is 15.9 Å². The van der Waals surface area contributed by atoms with Gasteiger partial charge in [0, 0.05) is 29.4 Å². The van der Waals surface area contributed by atoms with Crippen LogP contribution in [0.2, 0.25) is 0 Å². The van der Waals surface area contributed by atoms with Gasteiger partial charge in [0.2, 0.25) is 0 Å². The van der Waals surface area contributed by atoms with Crippen LogP contribution in [0.4, 0.5) is 5.69 Å². The summed E-state index contributed by atoms with van der Waals surface area (Å²) >= 11 is 3.24. The highest BCUT2D eigenvalue weighted by Gasteiger charge is 2.18. The summed E-state index contributed by atoms with van der Waals surface area (Å²) in [5.74, 6) is -1.47. The van der Waals surface area contributed by atoms with Crippen LogP contribution in [-0.2, 0) is 9.53 Å². The Labute approximate surface area is 119 Å². The van der Waals surface area contributed by atoms with Gasteiger partial charge < -0.3 is 20.5 Å². The summed E-state index contributed by atoms with van der Waals surface area (Å²) < 4.78 is 5.53. The van der Waals surface area contributed by atoms with Gasteiger partial charge in [0.25, 0.3) is 5.91 Å². The highest BCUT2D eigenvalue weighted by Crippen LogP contribution is 2.18. The largest absolute Gasteiger partial charge is 0.480 e. The number of carbonyl (C=O) groups is 2. The number of carbonyl (C=O) groups excluding carboxylic acids is 1.